The van der Waals surface area contributed by atoms with Gasteiger partial charge in [0.05, 0.1) is 0 Å². The Morgan fingerprint density at radius 1 is 1.25 bits per heavy atom. The van der Waals surface area contributed by atoms with Crippen molar-refractivity contribution in [1.29, 1.82) is 0 Å². The van der Waals surface area contributed by atoms with Crippen LogP contribution in [0.3, 0.4) is 0 Å². The summed E-state index contributed by atoms with van der Waals surface area (Å²) in [5.41, 5.74) is 0.899. The van der Waals surface area contributed by atoms with Gasteiger partial charge in [0, 0.05) is 0 Å². The molecular weight excluding hydrogens is 223 g/mol. The van der Waals surface area contributed by atoms with Crippen LogP contribution in [-0.4, -0.2) is 30.3 Å². The van der Waals surface area contributed by atoms with Crippen LogP contribution >= 0.6 is 0 Å². The Morgan fingerprint density at radius 2 is 1.69 bits per heavy atom. The Hall–Kier alpha value is -0.780. The Kier molecular flexibility index (Phi) is 2.64. The quantitative estimate of drug-likeness (QED) is 0.729. The summed E-state index contributed by atoms with van der Waals surface area (Å²) in [5, 5.41) is 10.5. The minimum Gasteiger partial charge on any atom is -0.475 e. The van der Waals surface area contributed by atoms with Gasteiger partial charge in [-0.05, 0) is 49.6 Å². The van der Waals surface area contributed by atoms with Gasteiger partial charge in [0.25, 0.3) is 0 Å². The van der Waals surface area contributed by atoms with Crippen molar-refractivity contribution < 1.29 is 23.1 Å². The third-order valence-electron chi connectivity index (χ3n) is 3.98. The van der Waals surface area contributed by atoms with Gasteiger partial charge in [0.15, 0.2) is 0 Å². The molecule has 0 radical (unpaired) electrons. The Bertz CT molecular complexity index is 282. The van der Waals surface area contributed by atoms with E-state index in [1.807, 2.05) is 0 Å². The predicted octanol–water partition coefficient (Wildman–Crippen LogP) is 1.64. The second-order valence-corrected chi connectivity index (χ2v) is 5.00. The Labute approximate surface area is 91.0 Å². The van der Waals surface area contributed by atoms with Gasteiger partial charge in [-0.25, -0.2) is 4.79 Å². The average molecular weight is 237 g/mol. The van der Waals surface area contributed by atoms with Crippen molar-refractivity contribution in [2.45, 2.75) is 25.4 Å². The van der Waals surface area contributed by atoms with E-state index in [1.165, 1.54) is 19.0 Å². The standard InChI is InChI=1S/C8H13N.C2HF3O2/c1-6-2-8(1,3-6)7-4-9-5-7;3-2(4,5)1(6)7/h6-7,9H,1-5H2;(H,6,7). The first-order valence-electron chi connectivity index (χ1n) is 5.34. The lowest BCUT2D eigenvalue weighted by atomic mass is 9.39. The number of carboxylic acid groups (broad SMARTS) is 1. The average Bonchev–Trinajstić information content (AvgIpc) is 1.89. The summed E-state index contributed by atoms with van der Waals surface area (Å²) in [6.07, 6.45) is -0.335. The number of carbonyl (C=O) groups is 1. The molecule has 92 valence electrons. The first-order chi connectivity index (χ1) is 7.33. The molecule has 0 atom stereocenters. The largest absolute Gasteiger partial charge is 0.490 e. The van der Waals surface area contributed by atoms with E-state index in [0.29, 0.717) is 0 Å². The summed E-state index contributed by atoms with van der Waals surface area (Å²) in [7, 11) is 0. The van der Waals surface area contributed by atoms with Gasteiger partial charge in [0.2, 0.25) is 0 Å². The molecule has 2 N–H and O–H groups in total. The van der Waals surface area contributed by atoms with E-state index >= 15 is 0 Å². The maximum atomic E-state index is 10.6. The highest BCUT2D eigenvalue weighted by Crippen LogP contribution is 2.68. The van der Waals surface area contributed by atoms with E-state index in [-0.39, 0.29) is 0 Å². The summed E-state index contributed by atoms with van der Waals surface area (Å²) < 4.78 is 31.7. The van der Waals surface area contributed by atoms with Crippen molar-refractivity contribution in [3.8, 4) is 0 Å². The maximum absolute atomic E-state index is 10.6. The zero-order chi connectivity index (χ0) is 12.0. The molecule has 0 aromatic heterocycles. The highest BCUT2D eigenvalue weighted by molar-refractivity contribution is 5.73. The number of halogens is 3. The zero-order valence-corrected chi connectivity index (χ0v) is 8.68. The molecule has 6 heteroatoms. The molecule has 0 aromatic rings. The first-order valence-corrected chi connectivity index (χ1v) is 5.34. The molecule has 16 heavy (non-hydrogen) atoms. The van der Waals surface area contributed by atoms with Crippen molar-refractivity contribution in [2.75, 3.05) is 13.1 Å². The van der Waals surface area contributed by atoms with Gasteiger partial charge >= 0.3 is 12.1 Å². The van der Waals surface area contributed by atoms with E-state index in [0.717, 1.165) is 11.3 Å². The van der Waals surface area contributed by atoms with Crippen molar-refractivity contribution >= 4 is 5.97 Å². The van der Waals surface area contributed by atoms with Crippen LogP contribution in [0.5, 0.6) is 0 Å². The zero-order valence-electron chi connectivity index (χ0n) is 8.68. The molecule has 0 unspecified atom stereocenters. The molecule has 0 aromatic carbocycles. The maximum Gasteiger partial charge on any atom is 0.490 e. The van der Waals surface area contributed by atoms with Crippen LogP contribution in [0.15, 0.2) is 0 Å². The number of hydrogen-bond donors (Lipinski definition) is 2. The number of rotatable bonds is 1. The minimum atomic E-state index is -5.08. The van der Waals surface area contributed by atoms with Crippen LogP contribution in [0.1, 0.15) is 19.3 Å². The van der Waals surface area contributed by atoms with E-state index in [1.54, 1.807) is 19.3 Å². The minimum absolute atomic E-state index is 0.899. The van der Waals surface area contributed by atoms with Crippen LogP contribution < -0.4 is 5.32 Å². The van der Waals surface area contributed by atoms with E-state index in [2.05, 4.69) is 5.32 Å². The summed E-state index contributed by atoms with van der Waals surface area (Å²) in [6, 6.07) is 0. The van der Waals surface area contributed by atoms with Crippen molar-refractivity contribution in [3.05, 3.63) is 0 Å². The van der Waals surface area contributed by atoms with Crippen molar-refractivity contribution in [2.24, 2.45) is 17.3 Å². The summed E-state index contributed by atoms with van der Waals surface area (Å²) in [4.78, 5) is 8.90. The molecule has 1 saturated heterocycles. The van der Waals surface area contributed by atoms with Crippen LogP contribution in [0, 0.1) is 17.3 Å². The fourth-order valence-corrected chi connectivity index (χ4v) is 2.77. The van der Waals surface area contributed by atoms with Gasteiger partial charge < -0.3 is 10.4 Å². The molecule has 4 aliphatic rings. The first kappa shape index (κ1) is 11.7. The monoisotopic (exact) mass is 237 g/mol. The number of aliphatic carboxylic acids is 1. The molecule has 3 aliphatic carbocycles. The molecule has 0 spiro atoms. The number of hydrogen-bond acceptors (Lipinski definition) is 2. The molecule has 4 rings (SSSR count). The number of carboxylic acids is 1. The van der Waals surface area contributed by atoms with Crippen LogP contribution in [0.2, 0.25) is 0 Å². The second kappa shape index (κ2) is 3.61. The lowest BCUT2D eigenvalue weighted by Gasteiger charge is -2.67. The highest BCUT2D eigenvalue weighted by atomic mass is 19.4. The van der Waals surface area contributed by atoms with Gasteiger partial charge in [-0.3, -0.25) is 0 Å². The molecule has 0 amide bonds. The van der Waals surface area contributed by atoms with Crippen LogP contribution in [0.25, 0.3) is 0 Å². The topological polar surface area (TPSA) is 49.3 Å². The Morgan fingerprint density at radius 3 is 1.75 bits per heavy atom. The van der Waals surface area contributed by atoms with Crippen LogP contribution in [-0.2, 0) is 4.79 Å². The van der Waals surface area contributed by atoms with Gasteiger partial charge in [-0.15, -0.1) is 0 Å². The van der Waals surface area contributed by atoms with Gasteiger partial charge in [-0.2, -0.15) is 13.2 Å². The van der Waals surface area contributed by atoms with E-state index in [4.69, 9.17) is 9.90 Å². The predicted molar refractivity (Wildman–Crippen MR) is 49.8 cm³/mol. The number of nitrogens with one attached hydrogen (secondary N) is 1. The molecule has 4 fully saturated rings. The van der Waals surface area contributed by atoms with Gasteiger partial charge in [0.1, 0.15) is 0 Å². The second-order valence-electron chi connectivity index (χ2n) is 5.00. The van der Waals surface area contributed by atoms with Crippen molar-refractivity contribution in [3.63, 3.8) is 0 Å². The molecule has 3 nitrogen and oxygen atoms in total. The summed E-state index contributed by atoms with van der Waals surface area (Å²) >= 11 is 0. The van der Waals surface area contributed by atoms with E-state index < -0.39 is 12.1 Å². The fourth-order valence-electron chi connectivity index (χ4n) is 2.77. The van der Waals surface area contributed by atoms with Crippen LogP contribution in [0.4, 0.5) is 13.2 Å². The Balaban J connectivity index is 0.000000127. The summed E-state index contributed by atoms with van der Waals surface area (Å²) in [5.74, 6) is -0.499. The van der Waals surface area contributed by atoms with Gasteiger partial charge in [-0.1, -0.05) is 0 Å². The highest BCUT2D eigenvalue weighted by Gasteiger charge is 2.61. The van der Waals surface area contributed by atoms with Crippen molar-refractivity contribution in [1.82, 2.24) is 5.32 Å². The molecule has 1 heterocycles. The normalized spacial score (nSPS) is 36.1. The third kappa shape index (κ3) is 1.90. The smallest absolute Gasteiger partial charge is 0.475 e. The third-order valence-corrected chi connectivity index (χ3v) is 3.98. The lowest BCUT2D eigenvalue weighted by molar-refractivity contribution is -0.192. The molecule has 2 bridgehead atoms. The number of alkyl halides is 3. The molecule has 1 aliphatic heterocycles. The molecular formula is C10H14F3NO2. The SMILES string of the molecule is C1NCC1C12CC(C1)C2.O=C(O)C(F)(F)F. The fraction of sp³-hybridized carbons (Fsp3) is 0.900. The van der Waals surface area contributed by atoms with E-state index in [9.17, 15) is 13.2 Å². The lowest BCUT2D eigenvalue weighted by Crippen LogP contribution is -2.64. The molecule has 3 saturated carbocycles. The summed E-state index contributed by atoms with van der Waals surface area (Å²) in [6.45, 7) is 2.65.